The zero-order chi connectivity index (χ0) is 15.8. The van der Waals surface area contributed by atoms with Gasteiger partial charge in [0.25, 0.3) is 0 Å². The predicted octanol–water partition coefficient (Wildman–Crippen LogP) is 3.93. The monoisotopic (exact) mass is 345 g/mol. The van der Waals surface area contributed by atoms with Gasteiger partial charge < -0.3 is 9.47 Å². The Morgan fingerprint density at radius 2 is 2.17 bits per heavy atom. The molecule has 0 radical (unpaired) electrons. The summed E-state index contributed by atoms with van der Waals surface area (Å²) in [6, 6.07) is 8.06. The van der Waals surface area contributed by atoms with E-state index in [1.807, 2.05) is 35.9 Å². The number of anilines is 1. The second kappa shape index (κ2) is 5.94. The summed E-state index contributed by atoms with van der Waals surface area (Å²) < 4.78 is 1.99. The van der Waals surface area contributed by atoms with Crippen LogP contribution in [0.1, 0.15) is 24.7 Å². The van der Waals surface area contributed by atoms with Crippen molar-refractivity contribution in [2.24, 2.45) is 7.05 Å². The van der Waals surface area contributed by atoms with Gasteiger partial charge in [-0.15, -0.1) is 21.5 Å². The molecule has 3 aromatic rings. The average molecular weight is 346 g/mol. The molecule has 0 spiro atoms. The molecule has 1 aliphatic heterocycles. The highest BCUT2D eigenvalue weighted by atomic mass is 35.5. The summed E-state index contributed by atoms with van der Waals surface area (Å²) in [6.45, 7) is 0.993. The zero-order valence-electron chi connectivity index (χ0n) is 12.7. The SMILES string of the molecule is Cn1cnnc1C1CCCN1c1nc(-c2ccccc2Cl)cs1. The number of nitrogens with zero attached hydrogens (tertiary/aromatic N) is 5. The molecule has 1 aliphatic rings. The second-order valence-corrected chi connectivity index (χ2v) is 6.89. The van der Waals surface area contributed by atoms with Crippen molar-refractivity contribution in [3.8, 4) is 11.3 Å². The van der Waals surface area contributed by atoms with Crippen LogP contribution in [0.15, 0.2) is 36.0 Å². The summed E-state index contributed by atoms with van der Waals surface area (Å²) in [5.74, 6) is 0.997. The maximum absolute atomic E-state index is 6.29. The molecule has 0 amide bonds. The molecule has 1 saturated heterocycles. The maximum atomic E-state index is 6.29. The molecule has 3 heterocycles. The van der Waals surface area contributed by atoms with Crippen molar-refractivity contribution in [1.29, 1.82) is 0 Å². The summed E-state index contributed by atoms with van der Waals surface area (Å²) >= 11 is 7.94. The summed E-state index contributed by atoms with van der Waals surface area (Å²) in [6.07, 6.45) is 3.97. The molecule has 0 N–H and O–H groups in total. The van der Waals surface area contributed by atoms with Crippen LogP contribution in [0.3, 0.4) is 0 Å². The van der Waals surface area contributed by atoms with E-state index in [9.17, 15) is 0 Å². The van der Waals surface area contributed by atoms with Crippen LogP contribution in [0, 0.1) is 0 Å². The number of halogens is 1. The van der Waals surface area contributed by atoms with Crippen molar-refractivity contribution < 1.29 is 0 Å². The van der Waals surface area contributed by atoms with Gasteiger partial charge in [-0.1, -0.05) is 29.8 Å². The quantitative estimate of drug-likeness (QED) is 0.721. The lowest BCUT2D eigenvalue weighted by molar-refractivity contribution is 0.628. The van der Waals surface area contributed by atoms with Crippen LogP contribution in [0.5, 0.6) is 0 Å². The zero-order valence-corrected chi connectivity index (χ0v) is 14.3. The van der Waals surface area contributed by atoms with Crippen molar-refractivity contribution in [3.63, 3.8) is 0 Å². The van der Waals surface area contributed by atoms with E-state index >= 15 is 0 Å². The van der Waals surface area contributed by atoms with Gasteiger partial charge in [0.2, 0.25) is 0 Å². The van der Waals surface area contributed by atoms with Gasteiger partial charge >= 0.3 is 0 Å². The van der Waals surface area contributed by atoms with Crippen molar-refractivity contribution in [2.75, 3.05) is 11.4 Å². The standard InChI is InChI=1S/C16H16ClN5S/c1-21-10-18-20-15(21)14-7-4-8-22(14)16-19-13(9-23-16)11-5-2-3-6-12(11)17/h2-3,5-6,9-10,14H,4,7-8H2,1H3. The molecule has 1 unspecified atom stereocenters. The molecule has 23 heavy (non-hydrogen) atoms. The molecule has 118 valence electrons. The minimum absolute atomic E-state index is 0.243. The molecular formula is C16H16ClN5S. The number of hydrogen-bond donors (Lipinski definition) is 0. The molecule has 0 saturated carbocycles. The summed E-state index contributed by atoms with van der Waals surface area (Å²) in [4.78, 5) is 7.14. The van der Waals surface area contributed by atoms with Gasteiger partial charge in [0.05, 0.1) is 11.7 Å². The molecule has 0 aliphatic carbocycles. The predicted molar refractivity (Wildman–Crippen MR) is 92.9 cm³/mol. The first kappa shape index (κ1) is 14.7. The number of thiazole rings is 1. The van der Waals surface area contributed by atoms with E-state index in [-0.39, 0.29) is 6.04 Å². The van der Waals surface area contributed by atoms with E-state index in [0.29, 0.717) is 0 Å². The van der Waals surface area contributed by atoms with Gasteiger partial charge in [0.1, 0.15) is 6.33 Å². The van der Waals surface area contributed by atoms with Gasteiger partial charge in [-0.05, 0) is 18.9 Å². The lowest BCUT2D eigenvalue weighted by atomic mass is 10.2. The number of hydrogen-bond acceptors (Lipinski definition) is 5. The van der Waals surface area contributed by atoms with E-state index in [0.717, 1.165) is 46.6 Å². The van der Waals surface area contributed by atoms with Crippen LogP contribution < -0.4 is 4.90 Å². The number of aromatic nitrogens is 4. The summed E-state index contributed by atoms with van der Waals surface area (Å²) in [5.41, 5.74) is 1.91. The first-order valence-corrected chi connectivity index (χ1v) is 8.81. The molecule has 5 nitrogen and oxygen atoms in total. The maximum Gasteiger partial charge on any atom is 0.186 e. The third-order valence-electron chi connectivity index (χ3n) is 4.18. The fourth-order valence-electron chi connectivity index (χ4n) is 3.05. The van der Waals surface area contributed by atoms with Crippen molar-refractivity contribution >= 4 is 28.1 Å². The van der Waals surface area contributed by atoms with Crippen LogP contribution in [0.2, 0.25) is 5.02 Å². The fraction of sp³-hybridized carbons (Fsp3) is 0.312. The Bertz CT molecular complexity index is 827. The summed E-state index contributed by atoms with van der Waals surface area (Å²) in [5, 5.41) is 12.1. The number of aryl methyl sites for hydroxylation is 1. The Morgan fingerprint density at radius 3 is 2.96 bits per heavy atom. The topological polar surface area (TPSA) is 46.8 Å². The Morgan fingerprint density at radius 1 is 1.30 bits per heavy atom. The van der Waals surface area contributed by atoms with E-state index in [2.05, 4.69) is 20.5 Å². The molecule has 1 fully saturated rings. The third-order valence-corrected chi connectivity index (χ3v) is 5.39. The Labute approximate surface area is 143 Å². The van der Waals surface area contributed by atoms with Crippen LogP contribution in [-0.2, 0) is 7.05 Å². The first-order valence-electron chi connectivity index (χ1n) is 7.55. The lowest BCUT2D eigenvalue weighted by Crippen LogP contribution is -2.24. The minimum Gasteiger partial charge on any atom is -0.338 e. The molecule has 2 aromatic heterocycles. The largest absolute Gasteiger partial charge is 0.338 e. The van der Waals surface area contributed by atoms with Crippen LogP contribution in [-0.4, -0.2) is 26.3 Å². The van der Waals surface area contributed by atoms with E-state index in [4.69, 9.17) is 16.6 Å². The average Bonchev–Trinajstić information content (AvgIpc) is 3.26. The highest BCUT2D eigenvalue weighted by Gasteiger charge is 2.31. The van der Waals surface area contributed by atoms with Gasteiger partial charge in [0.15, 0.2) is 11.0 Å². The smallest absolute Gasteiger partial charge is 0.186 e. The number of rotatable bonds is 3. The van der Waals surface area contributed by atoms with Gasteiger partial charge in [-0.3, -0.25) is 0 Å². The normalized spacial score (nSPS) is 17.8. The summed E-state index contributed by atoms with van der Waals surface area (Å²) in [7, 11) is 1.99. The van der Waals surface area contributed by atoms with E-state index < -0.39 is 0 Å². The third kappa shape index (κ3) is 2.62. The lowest BCUT2D eigenvalue weighted by Gasteiger charge is -2.22. The van der Waals surface area contributed by atoms with Gasteiger partial charge in [0, 0.05) is 29.6 Å². The van der Waals surface area contributed by atoms with Crippen molar-refractivity contribution in [1.82, 2.24) is 19.7 Å². The molecule has 1 aromatic carbocycles. The highest BCUT2D eigenvalue weighted by molar-refractivity contribution is 7.14. The second-order valence-electron chi connectivity index (χ2n) is 5.65. The molecule has 4 rings (SSSR count). The molecule has 7 heteroatoms. The van der Waals surface area contributed by atoms with E-state index in [1.54, 1.807) is 17.7 Å². The Kier molecular flexibility index (Phi) is 3.79. The van der Waals surface area contributed by atoms with Crippen LogP contribution in [0.25, 0.3) is 11.3 Å². The number of benzene rings is 1. The minimum atomic E-state index is 0.243. The van der Waals surface area contributed by atoms with Crippen LogP contribution >= 0.6 is 22.9 Å². The molecular weight excluding hydrogens is 330 g/mol. The molecule has 0 bridgehead atoms. The molecule has 1 atom stereocenters. The Hall–Kier alpha value is -1.92. The first-order chi connectivity index (χ1) is 11.2. The van der Waals surface area contributed by atoms with E-state index in [1.165, 1.54) is 0 Å². The van der Waals surface area contributed by atoms with Gasteiger partial charge in [-0.25, -0.2) is 4.98 Å². The van der Waals surface area contributed by atoms with Crippen molar-refractivity contribution in [2.45, 2.75) is 18.9 Å². The fourth-order valence-corrected chi connectivity index (χ4v) is 4.18. The van der Waals surface area contributed by atoms with Crippen molar-refractivity contribution in [3.05, 3.63) is 46.8 Å². The van der Waals surface area contributed by atoms with Crippen LogP contribution in [0.4, 0.5) is 5.13 Å². The van der Waals surface area contributed by atoms with Gasteiger partial charge in [-0.2, -0.15) is 0 Å². The highest BCUT2D eigenvalue weighted by Crippen LogP contribution is 2.39. The Balaban J connectivity index is 1.66.